The Kier molecular flexibility index (Phi) is 4.88. The lowest BCUT2D eigenvalue weighted by Gasteiger charge is -2.10. The van der Waals surface area contributed by atoms with Crippen LogP contribution in [0.5, 0.6) is 11.5 Å². The Morgan fingerprint density at radius 2 is 1.96 bits per heavy atom. The van der Waals surface area contributed by atoms with E-state index >= 15 is 0 Å². The predicted octanol–water partition coefficient (Wildman–Crippen LogP) is 2.59. The van der Waals surface area contributed by atoms with Crippen molar-refractivity contribution in [3.05, 3.63) is 53.9 Å². The zero-order valence-electron chi connectivity index (χ0n) is 14.6. The summed E-state index contributed by atoms with van der Waals surface area (Å²) in [5.74, 6) is 1.92. The second kappa shape index (κ2) is 7.25. The number of ether oxygens (including phenoxy) is 2. The number of fused-ring (bicyclic) bond motifs is 1. The predicted molar refractivity (Wildman–Crippen MR) is 95.8 cm³/mol. The summed E-state index contributed by atoms with van der Waals surface area (Å²) in [5.41, 5.74) is 3.00. The fourth-order valence-corrected chi connectivity index (χ4v) is 2.61. The van der Waals surface area contributed by atoms with Gasteiger partial charge in [-0.25, -0.2) is 4.98 Å². The van der Waals surface area contributed by atoms with Crippen molar-refractivity contribution in [3.63, 3.8) is 0 Å². The molecule has 6 nitrogen and oxygen atoms in total. The highest BCUT2D eigenvalue weighted by molar-refractivity contribution is 5.79. The number of carbonyl (C=O) groups excluding carboxylic acids is 1. The Labute approximate surface area is 146 Å². The molecule has 0 radical (unpaired) electrons. The highest BCUT2D eigenvalue weighted by Crippen LogP contribution is 2.25. The second-order valence-corrected chi connectivity index (χ2v) is 5.76. The van der Waals surface area contributed by atoms with Gasteiger partial charge in [0.05, 0.1) is 18.1 Å². The first kappa shape index (κ1) is 16.8. The molecule has 130 valence electrons. The van der Waals surface area contributed by atoms with Crippen molar-refractivity contribution in [1.82, 2.24) is 14.9 Å². The molecular formula is C19H21N3O3. The summed E-state index contributed by atoms with van der Waals surface area (Å²) in [6, 6.07) is 13.2. The summed E-state index contributed by atoms with van der Waals surface area (Å²) in [6.45, 7) is 2.33. The molecule has 1 N–H and O–H groups in total. The molecule has 1 amide bonds. The summed E-state index contributed by atoms with van der Waals surface area (Å²) in [5, 5.41) is 2.85. The number of aryl methyl sites for hydroxylation is 2. The SMILES string of the molecule is COc1ccccc1OCC(=O)NCc1ccc2c(c1)nc(C)n2C. The van der Waals surface area contributed by atoms with Crippen molar-refractivity contribution in [1.29, 1.82) is 0 Å². The topological polar surface area (TPSA) is 65.4 Å². The van der Waals surface area contributed by atoms with Crippen LogP contribution in [-0.2, 0) is 18.4 Å². The lowest BCUT2D eigenvalue weighted by atomic mass is 10.2. The van der Waals surface area contributed by atoms with Crippen LogP contribution in [0.2, 0.25) is 0 Å². The van der Waals surface area contributed by atoms with Crippen LogP contribution in [0, 0.1) is 6.92 Å². The molecule has 0 aliphatic rings. The van der Waals surface area contributed by atoms with E-state index in [-0.39, 0.29) is 12.5 Å². The molecule has 0 unspecified atom stereocenters. The van der Waals surface area contributed by atoms with Gasteiger partial charge in [-0.05, 0) is 36.8 Å². The average Bonchev–Trinajstić information content (AvgIpc) is 2.92. The third-order valence-electron chi connectivity index (χ3n) is 4.09. The number of nitrogens with zero attached hydrogens (tertiary/aromatic N) is 2. The van der Waals surface area contributed by atoms with Crippen molar-refractivity contribution in [2.45, 2.75) is 13.5 Å². The van der Waals surface area contributed by atoms with Crippen LogP contribution in [0.3, 0.4) is 0 Å². The molecule has 0 aliphatic heterocycles. The molecule has 6 heteroatoms. The number of hydrogen-bond acceptors (Lipinski definition) is 4. The van der Waals surface area contributed by atoms with Crippen LogP contribution < -0.4 is 14.8 Å². The summed E-state index contributed by atoms with van der Waals surface area (Å²) < 4.78 is 12.7. The highest BCUT2D eigenvalue weighted by Gasteiger charge is 2.08. The maximum atomic E-state index is 12.0. The van der Waals surface area contributed by atoms with Gasteiger partial charge in [-0.2, -0.15) is 0 Å². The number of imidazole rings is 1. The van der Waals surface area contributed by atoms with Gasteiger partial charge in [0, 0.05) is 13.6 Å². The minimum Gasteiger partial charge on any atom is -0.493 e. The average molecular weight is 339 g/mol. The maximum Gasteiger partial charge on any atom is 0.258 e. The third-order valence-corrected chi connectivity index (χ3v) is 4.09. The van der Waals surface area contributed by atoms with E-state index in [1.54, 1.807) is 19.2 Å². The van der Waals surface area contributed by atoms with Gasteiger partial charge < -0.3 is 19.4 Å². The summed E-state index contributed by atoms with van der Waals surface area (Å²) in [4.78, 5) is 16.5. The highest BCUT2D eigenvalue weighted by atomic mass is 16.5. The van der Waals surface area contributed by atoms with Crippen molar-refractivity contribution >= 4 is 16.9 Å². The Morgan fingerprint density at radius 3 is 2.72 bits per heavy atom. The Bertz CT molecular complexity index is 902. The monoisotopic (exact) mass is 339 g/mol. The van der Waals surface area contributed by atoms with Crippen LogP contribution in [0.15, 0.2) is 42.5 Å². The molecule has 0 atom stereocenters. The van der Waals surface area contributed by atoms with Gasteiger partial charge in [0.15, 0.2) is 18.1 Å². The van der Waals surface area contributed by atoms with Crippen LogP contribution in [0.25, 0.3) is 11.0 Å². The van der Waals surface area contributed by atoms with Crippen LogP contribution in [0.4, 0.5) is 0 Å². The standard InChI is InChI=1S/C19H21N3O3/c1-13-21-15-10-14(8-9-16(15)22(13)2)11-20-19(23)12-25-18-7-5-4-6-17(18)24-3/h4-10H,11-12H2,1-3H3,(H,20,23). The molecular weight excluding hydrogens is 318 g/mol. The van der Waals surface area contributed by atoms with Crippen LogP contribution in [0.1, 0.15) is 11.4 Å². The van der Waals surface area contributed by atoms with E-state index in [9.17, 15) is 4.79 Å². The largest absolute Gasteiger partial charge is 0.493 e. The first-order chi connectivity index (χ1) is 12.1. The molecule has 0 spiro atoms. The number of para-hydroxylation sites is 2. The number of carbonyl (C=O) groups is 1. The van der Waals surface area contributed by atoms with E-state index in [1.807, 2.05) is 48.9 Å². The number of amides is 1. The van der Waals surface area contributed by atoms with Crippen LogP contribution in [-0.4, -0.2) is 29.2 Å². The lowest BCUT2D eigenvalue weighted by molar-refractivity contribution is -0.123. The van der Waals surface area contributed by atoms with Crippen LogP contribution >= 0.6 is 0 Å². The van der Waals surface area contributed by atoms with Crippen molar-refractivity contribution in [3.8, 4) is 11.5 Å². The van der Waals surface area contributed by atoms with Crippen molar-refractivity contribution in [2.75, 3.05) is 13.7 Å². The number of hydrogen-bond donors (Lipinski definition) is 1. The zero-order valence-corrected chi connectivity index (χ0v) is 14.6. The number of rotatable bonds is 6. The summed E-state index contributed by atoms with van der Waals surface area (Å²) in [6.07, 6.45) is 0. The summed E-state index contributed by atoms with van der Waals surface area (Å²) >= 11 is 0. The molecule has 2 aromatic carbocycles. The number of nitrogens with one attached hydrogen (secondary N) is 1. The van der Waals surface area contributed by atoms with Gasteiger partial charge in [0.2, 0.25) is 0 Å². The lowest BCUT2D eigenvalue weighted by Crippen LogP contribution is -2.28. The van der Waals surface area contributed by atoms with Gasteiger partial charge in [-0.3, -0.25) is 4.79 Å². The van der Waals surface area contributed by atoms with Gasteiger partial charge in [-0.15, -0.1) is 0 Å². The third kappa shape index (κ3) is 3.74. The zero-order chi connectivity index (χ0) is 17.8. The van der Waals surface area contributed by atoms with E-state index in [0.29, 0.717) is 18.0 Å². The molecule has 1 aromatic heterocycles. The Hall–Kier alpha value is -3.02. The van der Waals surface area contributed by atoms with E-state index in [1.165, 1.54) is 0 Å². The minimum atomic E-state index is -0.191. The first-order valence-electron chi connectivity index (χ1n) is 8.03. The van der Waals surface area contributed by atoms with Crippen molar-refractivity contribution < 1.29 is 14.3 Å². The molecule has 25 heavy (non-hydrogen) atoms. The Morgan fingerprint density at radius 1 is 1.20 bits per heavy atom. The fraction of sp³-hybridized carbons (Fsp3) is 0.263. The molecule has 0 aliphatic carbocycles. The van der Waals surface area contributed by atoms with Crippen molar-refractivity contribution in [2.24, 2.45) is 7.05 Å². The molecule has 0 bridgehead atoms. The first-order valence-corrected chi connectivity index (χ1v) is 8.03. The van der Waals surface area contributed by atoms with Gasteiger partial charge in [0.1, 0.15) is 5.82 Å². The number of methoxy groups -OCH3 is 1. The second-order valence-electron chi connectivity index (χ2n) is 5.76. The molecule has 0 saturated heterocycles. The van der Waals surface area contributed by atoms with E-state index in [2.05, 4.69) is 10.3 Å². The molecule has 3 rings (SSSR count). The van der Waals surface area contributed by atoms with E-state index < -0.39 is 0 Å². The maximum absolute atomic E-state index is 12.0. The number of aromatic nitrogens is 2. The normalized spacial score (nSPS) is 10.7. The van der Waals surface area contributed by atoms with Gasteiger partial charge in [-0.1, -0.05) is 18.2 Å². The van der Waals surface area contributed by atoms with E-state index in [0.717, 1.165) is 22.4 Å². The number of benzene rings is 2. The molecule has 3 aromatic rings. The minimum absolute atomic E-state index is 0.0642. The van der Waals surface area contributed by atoms with Gasteiger partial charge in [0.25, 0.3) is 5.91 Å². The van der Waals surface area contributed by atoms with Gasteiger partial charge >= 0.3 is 0 Å². The Balaban J connectivity index is 1.57. The van der Waals surface area contributed by atoms with E-state index in [4.69, 9.17) is 9.47 Å². The fourth-order valence-electron chi connectivity index (χ4n) is 2.61. The molecule has 1 heterocycles. The summed E-state index contributed by atoms with van der Waals surface area (Å²) in [7, 11) is 3.55. The molecule has 0 saturated carbocycles. The smallest absolute Gasteiger partial charge is 0.258 e. The molecule has 0 fully saturated rings. The quantitative estimate of drug-likeness (QED) is 0.750.